The summed E-state index contributed by atoms with van der Waals surface area (Å²) in [7, 11) is -4.73. The molecule has 2 amide bonds. The highest BCUT2D eigenvalue weighted by Gasteiger charge is 2.38. The molecule has 8 nitrogen and oxygen atoms in total. The summed E-state index contributed by atoms with van der Waals surface area (Å²) >= 11 is 0. The second kappa shape index (κ2) is 15.9. The second-order valence-electron chi connectivity index (χ2n) is 11.7. The second-order valence-corrected chi connectivity index (χ2v) is 13.3. The molecule has 4 rings (SSSR count). The van der Waals surface area contributed by atoms with Crippen LogP contribution in [0.2, 0.25) is 0 Å². The molecule has 0 bridgehead atoms. The van der Waals surface area contributed by atoms with E-state index in [0.29, 0.717) is 44.2 Å². The predicted molar refractivity (Wildman–Crippen MR) is 165 cm³/mol. The van der Waals surface area contributed by atoms with Crippen molar-refractivity contribution in [3.8, 4) is 0 Å². The number of ether oxygens (including phenoxy) is 1. The van der Waals surface area contributed by atoms with Gasteiger partial charge in [-0.25, -0.2) is 9.52 Å². The number of carbonyl (C=O) groups is 2. The Kier molecular flexibility index (Phi) is 12.1. The molecule has 0 aromatic heterocycles. The number of nitrogens with one attached hydrogen (secondary N) is 2. The molecule has 0 saturated heterocycles. The van der Waals surface area contributed by atoms with E-state index in [2.05, 4.69) is 5.32 Å². The van der Waals surface area contributed by atoms with Crippen LogP contribution in [0.25, 0.3) is 0 Å². The zero-order chi connectivity index (χ0) is 35.0. The SMILES string of the molecule is O=C(NCCc1ccccc1)OCC1CCC(CN(Cc2ccccc2)S(=O)(=O)NC(=O)c2cc(C(F)(F)F)cc(C(F)(F)F)c2)CC1. The van der Waals surface area contributed by atoms with Crippen molar-refractivity contribution in [2.75, 3.05) is 19.7 Å². The summed E-state index contributed by atoms with van der Waals surface area (Å²) < 4.78 is 115. The van der Waals surface area contributed by atoms with Crippen molar-refractivity contribution in [2.24, 2.45) is 11.8 Å². The Balaban J connectivity index is 1.38. The van der Waals surface area contributed by atoms with Gasteiger partial charge in [-0.05, 0) is 73.3 Å². The van der Waals surface area contributed by atoms with Crippen molar-refractivity contribution in [3.63, 3.8) is 0 Å². The lowest BCUT2D eigenvalue weighted by atomic mass is 9.82. The Morgan fingerprint density at radius 3 is 1.83 bits per heavy atom. The molecule has 0 aliphatic heterocycles. The van der Waals surface area contributed by atoms with Gasteiger partial charge in [0.1, 0.15) is 0 Å². The fourth-order valence-electron chi connectivity index (χ4n) is 5.43. The van der Waals surface area contributed by atoms with Crippen molar-refractivity contribution >= 4 is 22.2 Å². The average Bonchev–Trinajstić information content (AvgIpc) is 3.04. The largest absolute Gasteiger partial charge is 0.449 e. The lowest BCUT2D eigenvalue weighted by Gasteiger charge is -2.32. The summed E-state index contributed by atoms with van der Waals surface area (Å²) in [6.07, 6.45) is -7.96. The molecule has 0 heterocycles. The smallest absolute Gasteiger partial charge is 0.416 e. The van der Waals surface area contributed by atoms with Gasteiger partial charge in [-0.1, -0.05) is 60.7 Å². The van der Waals surface area contributed by atoms with E-state index < -0.39 is 51.3 Å². The first-order valence-electron chi connectivity index (χ1n) is 15.2. The van der Waals surface area contributed by atoms with Crippen molar-refractivity contribution in [1.29, 1.82) is 0 Å². The van der Waals surface area contributed by atoms with Crippen LogP contribution >= 0.6 is 0 Å². The molecular weight excluding hydrogens is 664 g/mol. The number of nitrogens with zero attached hydrogens (tertiary/aromatic N) is 1. The summed E-state index contributed by atoms with van der Waals surface area (Å²) in [5.41, 5.74) is -2.97. The first-order chi connectivity index (χ1) is 22.6. The number of hydrogen-bond acceptors (Lipinski definition) is 5. The maximum Gasteiger partial charge on any atom is 0.416 e. The molecule has 1 saturated carbocycles. The molecule has 1 fully saturated rings. The maximum atomic E-state index is 13.5. The molecule has 48 heavy (non-hydrogen) atoms. The third kappa shape index (κ3) is 11.0. The van der Waals surface area contributed by atoms with E-state index in [-0.39, 0.29) is 49.7 Å². The molecule has 1 aliphatic carbocycles. The predicted octanol–water partition coefficient (Wildman–Crippen LogP) is 6.98. The quantitative estimate of drug-likeness (QED) is 0.199. The molecule has 0 radical (unpaired) electrons. The number of rotatable bonds is 12. The Morgan fingerprint density at radius 2 is 1.29 bits per heavy atom. The van der Waals surface area contributed by atoms with Crippen LogP contribution in [0.1, 0.15) is 58.3 Å². The first-order valence-corrected chi connectivity index (χ1v) is 16.6. The standard InChI is InChI=1S/C33H35F6N3O5S/c34-32(35,36)28-17-27(18-29(19-28)33(37,38)39)30(43)41-48(45,46)42(20-24-9-5-2-6-10-24)21-25-11-13-26(14-12-25)22-47-31(44)40-16-15-23-7-3-1-4-8-23/h1-10,17-19,25-26H,11-16,20-22H2,(H,40,44)(H,41,43). The van der Waals surface area contributed by atoms with Gasteiger partial charge >= 0.3 is 28.7 Å². The average molecular weight is 700 g/mol. The van der Waals surface area contributed by atoms with E-state index in [0.717, 1.165) is 9.87 Å². The zero-order valence-corrected chi connectivity index (χ0v) is 26.5. The topological polar surface area (TPSA) is 105 Å². The molecular formula is C33H35F6N3O5S. The van der Waals surface area contributed by atoms with Gasteiger partial charge < -0.3 is 10.1 Å². The van der Waals surface area contributed by atoms with E-state index in [1.54, 1.807) is 35.1 Å². The van der Waals surface area contributed by atoms with Gasteiger partial charge in [0.15, 0.2) is 0 Å². The van der Waals surface area contributed by atoms with Crippen LogP contribution in [0.5, 0.6) is 0 Å². The third-order valence-electron chi connectivity index (χ3n) is 8.02. The van der Waals surface area contributed by atoms with Crippen molar-refractivity contribution in [2.45, 2.75) is 51.0 Å². The van der Waals surface area contributed by atoms with E-state index in [9.17, 15) is 44.3 Å². The van der Waals surface area contributed by atoms with Gasteiger partial charge in [0, 0.05) is 25.2 Å². The van der Waals surface area contributed by atoms with Crippen LogP contribution in [0.3, 0.4) is 0 Å². The molecule has 15 heteroatoms. The minimum atomic E-state index is -5.22. The van der Waals surface area contributed by atoms with Crippen molar-refractivity contribution in [1.82, 2.24) is 14.3 Å². The van der Waals surface area contributed by atoms with Crippen molar-refractivity contribution in [3.05, 3.63) is 107 Å². The van der Waals surface area contributed by atoms with Gasteiger partial charge in [-0.2, -0.15) is 39.1 Å². The Hall–Kier alpha value is -4.11. The number of hydrogen-bond donors (Lipinski definition) is 2. The molecule has 3 aromatic carbocycles. The van der Waals surface area contributed by atoms with Gasteiger partial charge in [-0.3, -0.25) is 4.79 Å². The monoisotopic (exact) mass is 699 g/mol. The van der Waals surface area contributed by atoms with E-state index in [4.69, 9.17) is 4.74 Å². The van der Waals surface area contributed by atoms with Crippen LogP contribution < -0.4 is 10.0 Å². The van der Waals surface area contributed by atoms with Crippen molar-refractivity contribution < 1.29 is 49.1 Å². The minimum absolute atomic E-state index is 0.0451. The van der Waals surface area contributed by atoms with Crippen LogP contribution in [0.4, 0.5) is 31.1 Å². The third-order valence-corrected chi connectivity index (χ3v) is 9.42. The van der Waals surface area contributed by atoms with E-state index >= 15 is 0 Å². The van der Waals surface area contributed by atoms with Gasteiger partial charge in [0.25, 0.3) is 5.91 Å². The molecule has 0 unspecified atom stereocenters. The first kappa shape index (κ1) is 36.7. The number of carbonyl (C=O) groups excluding carboxylic acids is 2. The zero-order valence-electron chi connectivity index (χ0n) is 25.7. The van der Waals surface area contributed by atoms with E-state index in [1.165, 1.54) is 0 Å². The lowest BCUT2D eigenvalue weighted by molar-refractivity contribution is -0.143. The molecule has 1 aliphatic rings. The van der Waals surface area contributed by atoms with Gasteiger partial charge in [-0.15, -0.1) is 0 Å². The fourth-order valence-corrected chi connectivity index (χ4v) is 6.64. The summed E-state index contributed by atoms with van der Waals surface area (Å²) in [6.45, 7) is 0.325. The fraction of sp³-hybridized carbons (Fsp3) is 0.394. The van der Waals surface area contributed by atoms with Crippen LogP contribution in [0.15, 0.2) is 78.9 Å². The highest BCUT2D eigenvalue weighted by Crippen LogP contribution is 2.36. The van der Waals surface area contributed by atoms with Crippen LogP contribution in [-0.4, -0.2) is 44.4 Å². The lowest BCUT2D eigenvalue weighted by Crippen LogP contribution is -2.45. The Labute approximate surface area is 274 Å². The number of benzene rings is 3. The Morgan fingerprint density at radius 1 is 0.771 bits per heavy atom. The number of alkyl carbamates (subject to hydrolysis) is 1. The number of halogens is 6. The molecule has 0 spiro atoms. The maximum absolute atomic E-state index is 13.5. The molecule has 260 valence electrons. The number of alkyl halides is 6. The van der Waals surface area contributed by atoms with Gasteiger partial charge in [0.05, 0.1) is 17.7 Å². The number of amides is 2. The van der Waals surface area contributed by atoms with Crippen LogP contribution in [0, 0.1) is 11.8 Å². The highest BCUT2D eigenvalue weighted by molar-refractivity contribution is 7.87. The van der Waals surface area contributed by atoms with Crippen LogP contribution in [-0.2, 0) is 40.3 Å². The van der Waals surface area contributed by atoms with E-state index in [1.807, 2.05) is 30.3 Å². The summed E-state index contributed by atoms with van der Waals surface area (Å²) in [6, 6.07) is 18.2. The molecule has 0 atom stereocenters. The summed E-state index contributed by atoms with van der Waals surface area (Å²) in [5, 5.41) is 2.71. The van der Waals surface area contributed by atoms with Gasteiger partial charge in [0.2, 0.25) is 0 Å². The Bertz CT molecular complexity index is 1600. The summed E-state index contributed by atoms with van der Waals surface area (Å²) in [4.78, 5) is 25.0. The minimum Gasteiger partial charge on any atom is -0.449 e. The normalized spacial score (nSPS) is 17.1. The highest BCUT2D eigenvalue weighted by atomic mass is 32.2. The summed E-state index contributed by atoms with van der Waals surface area (Å²) in [5.74, 6) is -1.77. The molecule has 2 N–H and O–H groups in total. The molecule has 3 aromatic rings.